The number of carboxylic acids is 1. The van der Waals surface area contributed by atoms with E-state index in [2.05, 4.69) is 5.32 Å². The topological polar surface area (TPSA) is 75.6 Å². The van der Waals surface area contributed by atoms with Crippen LogP contribution in [0, 0.1) is 0 Å². The van der Waals surface area contributed by atoms with Crippen LogP contribution in [0.4, 0.5) is 0 Å². The van der Waals surface area contributed by atoms with Gasteiger partial charge in [-0.1, -0.05) is 6.92 Å². The van der Waals surface area contributed by atoms with Gasteiger partial charge in [0.15, 0.2) is 0 Å². The average molecular weight is 283 g/mol. The van der Waals surface area contributed by atoms with Gasteiger partial charge in [0.2, 0.25) is 0 Å². The lowest BCUT2D eigenvalue weighted by molar-refractivity contribution is -0.143. The monoisotopic (exact) mass is 283 g/mol. The first-order valence-corrected chi connectivity index (χ1v) is 7.03. The van der Waals surface area contributed by atoms with Gasteiger partial charge in [0, 0.05) is 11.3 Å². The number of carboxylic acid groups (broad SMARTS) is 1. The number of rotatable bonds is 4. The van der Waals surface area contributed by atoms with Crippen molar-refractivity contribution >= 4 is 23.2 Å². The molecule has 1 atom stereocenters. The number of amides is 1. The molecule has 0 radical (unpaired) electrons. The lowest BCUT2D eigenvalue weighted by Crippen LogP contribution is -2.51. The molecule has 0 bridgehead atoms. The van der Waals surface area contributed by atoms with E-state index in [0.717, 1.165) is 16.9 Å². The summed E-state index contributed by atoms with van der Waals surface area (Å²) in [6, 6.07) is 1.80. The number of fused-ring (bicyclic) bond motifs is 1. The zero-order valence-corrected chi connectivity index (χ0v) is 11.8. The molecule has 0 fully saturated rings. The van der Waals surface area contributed by atoms with Crippen LogP contribution in [-0.4, -0.2) is 29.1 Å². The van der Waals surface area contributed by atoms with Gasteiger partial charge in [0.25, 0.3) is 5.91 Å². The number of aliphatic carboxylic acids is 1. The molecule has 0 saturated carbocycles. The molecule has 2 rings (SSSR count). The van der Waals surface area contributed by atoms with Gasteiger partial charge in [0.1, 0.15) is 5.54 Å². The van der Waals surface area contributed by atoms with Gasteiger partial charge in [-0.15, -0.1) is 11.3 Å². The molecule has 5 nitrogen and oxygen atoms in total. The fourth-order valence-electron chi connectivity index (χ4n) is 1.86. The van der Waals surface area contributed by atoms with E-state index in [1.54, 1.807) is 13.0 Å². The van der Waals surface area contributed by atoms with E-state index in [4.69, 9.17) is 9.84 Å². The van der Waals surface area contributed by atoms with E-state index in [1.165, 1.54) is 18.3 Å². The van der Waals surface area contributed by atoms with E-state index in [-0.39, 0.29) is 5.91 Å². The minimum Gasteiger partial charge on any atom is -0.480 e. The molecule has 1 amide bonds. The Morgan fingerprint density at radius 3 is 2.89 bits per heavy atom. The van der Waals surface area contributed by atoms with Crippen molar-refractivity contribution in [3.63, 3.8) is 0 Å². The van der Waals surface area contributed by atoms with Gasteiger partial charge in [-0.05, 0) is 25.0 Å². The number of hydrogen-bond donors (Lipinski definition) is 2. The number of hydrogen-bond acceptors (Lipinski definition) is 4. The van der Waals surface area contributed by atoms with Gasteiger partial charge in [-0.25, -0.2) is 4.79 Å². The van der Waals surface area contributed by atoms with Gasteiger partial charge < -0.3 is 15.2 Å². The van der Waals surface area contributed by atoms with Crippen LogP contribution in [0.3, 0.4) is 0 Å². The molecule has 1 aliphatic heterocycles. The zero-order chi connectivity index (χ0) is 14.0. The summed E-state index contributed by atoms with van der Waals surface area (Å²) in [6.07, 6.45) is 1.15. The van der Waals surface area contributed by atoms with E-state index in [9.17, 15) is 9.59 Å². The van der Waals surface area contributed by atoms with Gasteiger partial charge in [-0.2, -0.15) is 0 Å². The van der Waals surface area contributed by atoms with E-state index in [1.807, 2.05) is 0 Å². The summed E-state index contributed by atoms with van der Waals surface area (Å²) in [5.74, 6) is -1.35. The maximum atomic E-state index is 12.1. The summed E-state index contributed by atoms with van der Waals surface area (Å²) < 4.78 is 5.33. The maximum absolute atomic E-state index is 12.1. The summed E-state index contributed by atoms with van der Waals surface area (Å²) in [5, 5.41) is 11.8. The van der Waals surface area contributed by atoms with Crippen molar-refractivity contribution < 1.29 is 19.4 Å². The molecule has 1 aromatic rings. The highest BCUT2D eigenvalue weighted by Gasteiger charge is 2.33. The number of carbonyl (C=O) groups is 2. The first kappa shape index (κ1) is 14.0. The molecule has 19 heavy (non-hydrogen) atoms. The van der Waals surface area contributed by atoms with Crippen molar-refractivity contribution in [2.45, 2.75) is 38.8 Å². The Morgan fingerprint density at radius 1 is 1.58 bits per heavy atom. The maximum Gasteiger partial charge on any atom is 0.329 e. The Labute approximate surface area is 115 Å². The summed E-state index contributed by atoms with van der Waals surface area (Å²) >= 11 is 1.42. The summed E-state index contributed by atoms with van der Waals surface area (Å²) in [4.78, 5) is 25.0. The van der Waals surface area contributed by atoms with E-state index in [0.29, 0.717) is 24.5 Å². The standard InChI is InChI=1S/C13H17NO4S/c1-3-13(2,12(16)17)14-11(15)10-6-8-7-18-5-4-9(8)19-10/h6H,3-5,7H2,1-2H3,(H,14,15)(H,16,17). The number of ether oxygens (including phenoxy) is 1. The third kappa shape index (κ3) is 2.79. The van der Waals surface area contributed by atoms with Crippen LogP contribution in [0.15, 0.2) is 6.07 Å². The largest absolute Gasteiger partial charge is 0.480 e. The number of thiophene rings is 1. The Bertz CT molecular complexity index is 487. The molecular weight excluding hydrogens is 266 g/mol. The second kappa shape index (κ2) is 5.30. The molecular formula is C13H17NO4S. The number of carbonyl (C=O) groups excluding carboxylic acids is 1. The van der Waals surface area contributed by atoms with Crippen molar-refractivity contribution in [2.24, 2.45) is 0 Å². The van der Waals surface area contributed by atoms with Crippen molar-refractivity contribution in [1.29, 1.82) is 0 Å². The minimum atomic E-state index is -1.22. The van der Waals surface area contributed by atoms with Gasteiger partial charge >= 0.3 is 5.97 Å². The molecule has 1 unspecified atom stereocenters. The average Bonchev–Trinajstić information content (AvgIpc) is 2.82. The van der Waals surface area contributed by atoms with Crippen LogP contribution in [0.25, 0.3) is 0 Å². The molecule has 2 N–H and O–H groups in total. The van der Waals surface area contributed by atoms with Crippen LogP contribution >= 0.6 is 11.3 Å². The van der Waals surface area contributed by atoms with Crippen molar-refractivity contribution in [2.75, 3.05) is 6.61 Å². The van der Waals surface area contributed by atoms with Crippen LogP contribution in [0.2, 0.25) is 0 Å². The fraction of sp³-hybridized carbons (Fsp3) is 0.538. The Morgan fingerprint density at radius 2 is 2.32 bits per heavy atom. The molecule has 0 saturated heterocycles. The lowest BCUT2D eigenvalue weighted by atomic mass is 9.99. The Balaban J connectivity index is 2.16. The molecule has 0 spiro atoms. The molecule has 6 heteroatoms. The SMILES string of the molecule is CCC(C)(NC(=O)c1cc2c(s1)CCOC2)C(=O)O. The summed E-state index contributed by atoms with van der Waals surface area (Å²) in [5.41, 5.74) is -0.187. The number of nitrogens with one attached hydrogen (secondary N) is 1. The molecule has 0 aliphatic carbocycles. The second-order valence-electron chi connectivity index (χ2n) is 4.81. The highest BCUT2D eigenvalue weighted by Crippen LogP contribution is 2.27. The molecule has 104 valence electrons. The summed E-state index contributed by atoms with van der Waals surface area (Å²) in [6.45, 7) is 4.46. The zero-order valence-electron chi connectivity index (χ0n) is 11.0. The fourth-order valence-corrected chi connectivity index (χ4v) is 2.91. The van der Waals surface area contributed by atoms with E-state index < -0.39 is 11.5 Å². The van der Waals surface area contributed by atoms with Crippen LogP contribution in [0.5, 0.6) is 0 Å². The third-order valence-electron chi connectivity index (χ3n) is 3.42. The molecule has 1 aromatic heterocycles. The Kier molecular flexibility index (Phi) is 3.91. The van der Waals surface area contributed by atoms with Crippen molar-refractivity contribution in [1.82, 2.24) is 5.32 Å². The summed E-state index contributed by atoms with van der Waals surface area (Å²) in [7, 11) is 0. The van der Waals surface area contributed by atoms with Gasteiger partial charge in [-0.3, -0.25) is 4.79 Å². The predicted octanol–water partition coefficient (Wildman–Crippen LogP) is 1.80. The van der Waals surface area contributed by atoms with Crippen LogP contribution < -0.4 is 5.32 Å². The first-order chi connectivity index (χ1) is 8.96. The second-order valence-corrected chi connectivity index (χ2v) is 5.94. The lowest BCUT2D eigenvalue weighted by Gasteiger charge is -2.24. The normalized spacial score (nSPS) is 17.4. The van der Waals surface area contributed by atoms with Crippen molar-refractivity contribution in [3.05, 3.63) is 21.4 Å². The molecule has 0 aromatic carbocycles. The first-order valence-electron chi connectivity index (χ1n) is 6.21. The minimum absolute atomic E-state index is 0.328. The van der Waals surface area contributed by atoms with Gasteiger partial charge in [0.05, 0.1) is 18.1 Å². The van der Waals surface area contributed by atoms with Crippen LogP contribution in [0.1, 0.15) is 40.4 Å². The molecule has 1 aliphatic rings. The quantitative estimate of drug-likeness (QED) is 0.883. The molecule has 2 heterocycles. The predicted molar refractivity (Wildman–Crippen MR) is 71.5 cm³/mol. The highest BCUT2D eigenvalue weighted by atomic mass is 32.1. The smallest absolute Gasteiger partial charge is 0.329 e. The third-order valence-corrected chi connectivity index (χ3v) is 4.66. The Hall–Kier alpha value is -1.40. The van der Waals surface area contributed by atoms with Crippen LogP contribution in [-0.2, 0) is 22.6 Å². The highest BCUT2D eigenvalue weighted by molar-refractivity contribution is 7.14. The van der Waals surface area contributed by atoms with Crippen molar-refractivity contribution in [3.8, 4) is 0 Å². The van der Waals surface area contributed by atoms with E-state index >= 15 is 0 Å².